The van der Waals surface area contributed by atoms with Crippen molar-refractivity contribution in [3.8, 4) is 22.3 Å². The fraction of sp³-hybridized carbons (Fsp3) is 0.227. The quantitative estimate of drug-likeness (QED) is 0.168. The molecule has 0 amide bonds. The van der Waals surface area contributed by atoms with E-state index in [0.29, 0.717) is 17.8 Å². The Morgan fingerprint density at radius 2 is 1.36 bits per heavy atom. The van der Waals surface area contributed by atoms with Gasteiger partial charge in [-0.05, 0) is 111 Å². The van der Waals surface area contributed by atoms with Crippen LogP contribution in [-0.2, 0) is 0 Å². The summed E-state index contributed by atoms with van der Waals surface area (Å²) < 4.78 is 2.49. The molecule has 0 saturated carbocycles. The summed E-state index contributed by atoms with van der Waals surface area (Å²) >= 11 is 0. The van der Waals surface area contributed by atoms with Crippen molar-refractivity contribution in [2.45, 2.75) is 64.7 Å². The summed E-state index contributed by atoms with van der Waals surface area (Å²) in [6.45, 7) is 9.48. The first-order valence-electron chi connectivity index (χ1n) is 17.2. The van der Waals surface area contributed by atoms with E-state index in [9.17, 15) is 0 Å². The van der Waals surface area contributed by atoms with Gasteiger partial charge in [0.1, 0.15) is 5.84 Å². The molecule has 5 aromatic carbocycles. The molecule has 3 nitrogen and oxygen atoms in total. The molecule has 230 valence electrons. The van der Waals surface area contributed by atoms with Crippen molar-refractivity contribution in [3.05, 3.63) is 132 Å². The number of benzene rings is 5. The molecule has 1 aliphatic heterocycles. The number of hydrogen-bond acceptors (Lipinski definition) is 2. The van der Waals surface area contributed by atoms with Crippen LogP contribution in [0.5, 0.6) is 0 Å². The van der Waals surface area contributed by atoms with Crippen molar-refractivity contribution >= 4 is 44.2 Å². The second-order valence-corrected chi connectivity index (χ2v) is 13.8. The maximum atomic E-state index is 5.44. The van der Waals surface area contributed by atoms with E-state index in [-0.39, 0.29) is 0 Å². The standard InChI is InChI=1S/C44H39N3/c1-26-13-11-21-40(46-44-31(26)20-12-24-45-44)47-38-23-22-30-14-5-6-17-34(30)42(38)43-39(47)25-37-29(4)41(43)36-19-10-8-16-33(36)28(3)27(2)32-15-7-9-18-35(32)37/h5-10,12,14-20,22-28H,11,13,21H2,1-4H3/b46-40+/t26?,27-,28?/m0/s1. The summed E-state index contributed by atoms with van der Waals surface area (Å²) in [7, 11) is 0. The van der Waals surface area contributed by atoms with Gasteiger partial charge in [0.25, 0.3) is 0 Å². The average molecular weight is 610 g/mol. The zero-order valence-corrected chi connectivity index (χ0v) is 27.6. The zero-order chi connectivity index (χ0) is 31.8. The van der Waals surface area contributed by atoms with E-state index in [1.807, 2.05) is 6.20 Å². The van der Waals surface area contributed by atoms with Crippen molar-refractivity contribution in [1.82, 2.24) is 9.55 Å². The van der Waals surface area contributed by atoms with Gasteiger partial charge in [-0.15, -0.1) is 0 Å². The van der Waals surface area contributed by atoms with Gasteiger partial charge >= 0.3 is 0 Å². The first-order chi connectivity index (χ1) is 23.0. The normalized spacial score (nSPS) is 20.3. The van der Waals surface area contributed by atoms with Gasteiger partial charge in [0.2, 0.25) is 0 Å². The van der Waals surface area contributed by atoms with Crippen LogP contribution in [0.2, 0.25) is 0 Å². The minimum absolute atomic E-state index is 0.348. The lowest BCUT2D eigenvalue weighted by atomic mass is 9.80. The Kier molecular flexibility index (Phi) is 6.47. The predicted molar refractivity (Wildman–Crippen MR) is 198 cm³/mol. The van der Waals surface area contributed by atoms with Gasteiger partial charge in [0.05, 0.1) is 11.0 Å². The predicted octanol–water partition coefficient (Wildman–Crippen LogP) is 12.1. The van der Waals surface area contributed by atoms with Gasteiger partial charge < -0.3 is 0 Å². The minimum atomic E-state index is 0.348. The molecule has 0 radical (unpaired) electrons. The molecule has 0 spiro atoms. The lowest BCUT2D eigenvalue weighted by Crippen LogP contribution is -2.14. The molecule has 47 heavy (non-hydrogen) atoms. The summed E-state index contributed by atoms with van der Waals surface area (Å²) in [6.07, 6.45) is 4.98. The third-order valence-corrected chi connectivity index (χ3v) is 11.3. The number of pyridine rings is 1. The minimum Gasteiger partial charge on any atom is -0.297 e. The Morgan fingerprint density at radius 3 is 2.19 bits per heavy atom. The highest BCUT2D eigenvalue weighted by molar-refractivity contribution is 6.28. The molecule has 3 heteroatoms. The Bertz CT molecular complexity index is 2410. The molecule has 2 bridgehead atoms. The van der Waals surface area contributed by atoms with E-state index in [0.717, 1.165) is 30.9 Å². The zero-order valence-electron chi connectivity index (χ0n) is 27.6. The lowest BCUT2D eigenvalue weighted by Gasteiger charge is -2.24. The first kappa shape index (κ1) is 28.2. The van der Waals surface area contributed by atoms with Crippen LogP contribution < -0.4 is 0 Å². The van der Waals surface area contributed by atoms with Crippen molar-refractivity contribution in [1.29, 1.82) is 0 Å². The number of nitrogens with zero attached hydrogens (tertiary/aromatic N) is 3. The highest BCUT2D eigenvalue weighted by Crippen LogP contribution is 2.51. The van der Waals surface area contributed by atoms with E-state index in [1.54, 1.807) is 0 Å². The van der Waals surface area contributed by atoms with E-state index < -0.39 is 0 Å². The maximum Gasteiger partial charge on any atom is 0.157 e. The van der Waals surface area contributed by atoms with Gasteiger partial charge in [-0.2, -0.15) is 0 Å². The van der Waals surface area contributed by atoms with Crippen LogP contribution in [0.1, 0.15) is 80.0 Å². The van der Waals surface area contributed by atoms with Crippen LogP contribution in [0.15, 0.2) is 114 Å². The average Bonchev–Trinajstić information content (AvgIpc) is 3.44. The Morgan fingerprint density at radius 1 is 0.660 bits per heavy atom. The van der Waals surface area contributed by atoms with Crippen LogP contribution in [0.4, 0.5) is 5.82 Å². The van der Waals surface area contributed by atoms with Crippen molar-refractivity contribution in [2.75, 3.05) is 0 Å². The van der Waals surface area contributed by atoms with Crippen LogP contribution in [0.3, 0.4) is 0 Å². The van der Waals surface area contributed by atoms with Crippen LogP contribution in [0.25, 0.3) is 54.8 Å². The summed E-state index contributed by atoms with van der Waals surface area (Å²) in [6, 6.07) is 38.5. The van der Waals surface area contributed by atoms with Gasteiger partial charge in [-0.3, -0.25) is 4.57 Å². The molecule has 1 aliphatic carbocycles. The third kappa shape index (κ3) is 4.18. The molecule has 2 unspecified atom stereocenters. The van der Waals surface area contributed by atoms with Crippen molar-refractivity contribution < 1.29 is 0 Å². The second-order valence-electron chi connectivity index (χ2n) is 13.8. The molecular weight excluding hydrogens is 571 g/mol. The molecule has 0 N–H and O–H groups in total. The largest absolute Gasteiger partial charge is 0.297 e. The highest BCUT2D eigenvalue weighted by Gasteiger charge is 2.30. The molecule has 0 fully saturated rings. The van der Waals surface area contributed by atoms with Crippen LogP contribution in [0, 0.1) is 6.92 Å². The molecular formula is C44H39N3. The summed E-state index contributed by atoms with van der Waals surface area (Å²) in [4.78, 5) is 10.3. The Labute approximate surface area is 276 Å². The highest BCUT2D eigenvalue weighted by atomic mass is 15.1. The van der Waals surface area contributed by atoms with Gasteiger partial charge in [-0.1, -0.05) is 106 Å². The molecule has 9 rings (SSSR count). The summed E-state index contributed by atoms with van der Waals surface area (Å²) in [5.74, 6) is 3.08. The van der Waals surface area contributed by atoms with Gasteiger partial charge in [0, 0.05) is 23.4 Å². The number of rotatable bonds is 0. The molecule has 3 heterocycles. The Hall–Kier alpha value is -5.02. The number of aliphatic imine (C=N–C) groups is 1. The molecule has 2 aromatic heterocycles. The number of hydrogen-bond donors (Lipinski definition) is 0. The van der Waals surface area contributed by atoms with Gasteiger partial charge in [0.15, 0.2) is 5.82 Å². The van der Waals surface area contributed by atoms with E-state index in [1.165, 1.54) is 77.1 Å². The first-order valence-corrected chi connectivity index (χ1v) is 17.2. The molecule has 0 saturated heterocycles. The summed E-state index contributed by atoms with van der Waals surface area (Å²) in [5, 5.41) is 5.18. The Balaban J connectivity index is 1.52. The SMILES string of the molecule is Cc1c2cc3c(c1-c1ccccc1C(C)[C@H](C)c1ccccc1-2)c1c2ccccc2ccc1n3/C1=N/c2ncccc2C(C)CCC1. The van der Waals surface area contributed by atoms with E-state index >= 15 is 0 Å². The summed E-state index contributed by atoms with van der Waals surface area (Å²) in [5.41, 5.74) is 13.2. The van der Waals surface area contributed by atoms with E-state index in [4.69, 9.17) is 9.98 Å². The van der Waals surface area contributed by atoms with Crippen LogP contribution >= 0.6 is 0 Å². The lowest BCUT2D eigenvalue weighted by molar-refractivity contribution is 0.626. The third-order valence-electron chi connectivity index (χ3n) is 11.3. The van der Waals surface area contributed by atoms with Crippen molar-refractivity contribution in [2.24, 2.45) is 4.99 Å². The fourth-order valence-electron chi connectivity index (χ4n) is 8.68. The second kappa shape index (κ2) is 10.8. The topological polar surface area (TPSA) is 30.2 Å². The number of aromatic nitrogens is 2. The molecule has 2 aliphatic rings. The van der Waals surface area contributed by atoms with Crippen molar-refractivity contribution in [3.63, 3.8) is 0 Å². The van der Waals surface area contributed by atoms with Crippen LogP contribution in [-0.4, -0.2) is 15.4 Å². The monoisotopic (exact) mass is 609 g/mol. The number of fused-ring (bicyclic) bond motifs is 13. The maximum absolute atomic E-state index is 5.44. The molecule has 7 aromatic rings. The van der Waals surface area contributed by atoms with E-state index in [2.05, 4.69) is 135 Å². The molecule has 3 atom stereocenters. The smallest absolute Gasteiger partial charge is 0.157 e. The fourth-order valence-corrected chi connectivity index (χ4v) is 8.68. The van der Waals surface area contributed by atoms with Gasteiger partial charge in [-0.25, -0.2) is 9.98 Å².